The number of quaternary nitrogens is 2. The number of nitrogens with zero attached hydrogens (tertiary/aromatic N) is 2. The van der Waals surface area contributed by atoms with E-state index >= 15 is 0 Å². The lowest BCUT2D eigenvalue weighted by Crippen LogP contribution is -2.65. The minimum absolute atomic E-state index is 0.0276. The summed E-state index contributed by atoms with van der Waals surface area (Å²) >= 11 is 0. The molecule has 0 radical (unpaired) electrons. The summed E-state index contributed by atoms with van der Waals surface area (Å²) in [7, 11) is 0. The average Bonchev–Trinajstić information content (AvgIpc) is 2.87. The second-order valence-electron chi connectivity index (χ2n) is 12.3. The molecule has 4 rings (SSSR count). The van der Waals surface area contributed by atoms with Crippen molar-refractivity contribution in [3.8, 4) is 0 Å². The third-order valence-electron chi connectivity index (χ3n) is 8.98. The van der Waals surface area contributed by atoms with Crippen LogP contribution in [-0.2, 0) is 9.59 Å². The first kappa shape index (κ1) is 30.2. The summed E-state index contributed by atoms with van der Waals surface area (Å²) in [4.78, 5) is 27.0. The van der Waals surface area contributed by atoms with Crippen LogP contribution in [0.2, 0.25) is 0 Å². The standard InChI is InChI=1S/C32H46N4O4/c1-21-17-23(3)29(24(4)18-21)33-31(37)27-11-7-9-13-35(27,39)15-16-36(40)14-10-8-12-28(36)32(38)34-30-25(5)19-22(2)20-26(30)6/h17-20,27-28H,7-16H2,1-6H3,(H,33,37)(H,34,38)/t27-,28-,35+,36+/m0/s1. The lowest BCUT2D eigenvalue weighted by molar-refractivity contribution is -0.955. The number of amides is 2. The van der Waals surface area contributed by atoms with Crippen LogP contribution >= 0.6 is 0 Å². The predicted octanol–water partition coefficient (Wildman–Crippen LogP) is 5.85. The van der Waals surface area contributed by atoms with Gasteiger partial charge in [-0.1, -0.05) is 35.4 Å². The summed E-state index contributed by atoms with van der Waals surface area (Å²) < 4.78 is -1.41. The Morgan fingerprint density at radius 2 is 0.975 bits per heavy atom. The zero-order valence-electron chi connectivity index (χ0n) is 25.1. The first-order valence-electron chi connectivity index (χ1n) is 14.8. The summed E-state index contributed by atoms with van der Waals surface area (Å²) in [6.07, 6.45) is 4.06. The molecular formula is C32H46N4O4. The number of piperidine rings is 2. The van der Waals surface area contributed by atoms with Crippen molar-refractivity contribution < 1.29 is 18.9 Å². The molecule has 2 aliphatic rings. The maximum Gasteiger partial charge on any atom is 0.283 e. The van der Waals surface area contributed by atoms with Crippen molar-refractivity contribution in [3.05, 3.63) is 68.1 Å². The second kappa shape index (κ2) is 12.0. The monoisotopic (exact) mass is 550 g/mol. The molecule has 2 aromatic carbocycles. The number of anilines is 2. The van der Waals surface area contributed by atoms with Gasteiger partial charge < -0.3 is 30.3 Å². The summed E-state index contributed by atoms with van der Waals surface area (Å²) in [5.41, 5.74) is 7.64. The molecular weight excluding hydrogens is 504 g/mol. The first-order chi connectivity index (χ1) is 18.8. The van der Waals surface area contributed by atoms with Gasteiger partial charge in [0, 0.05) is 24.2 Å². The fraction of sp³-hybridized carbons (Fsp3) is 0.562. The lowest BCUT2D eigenvalue weighted by atomic mass is 9.97. The summed E-state index contributed by atoms with van der Waals surface area (Å²) in [6, 6.07) is 6.56. The van der Waals surface area contributed by atoms with Crippen LogP contribution in [0, 0.1) is 52.0 Å². The molecule has 0 bridgehead atoms. The minimum Gasteiger partial charge on any atom is -0.632 e. The summed E-state index contributed by atoms with van der Waals surface area (Å²) in [5, 5.41) is 34.5. The van der Waals surface area contributed by atoms with Gasteiger partial charge in [-0.15, -0.1) is 0 Å². The highest BCUT2D eigenvalue weighted by molar-refractivity contribution is 5.96. The number of carbonyl (C=O) groups excluding carboxylic acids is 2. The third kappa shape index (κ3) is 6.41. The zero-order valence-corrected chi connectivity index (χ0v) is 25.1. The van der Waals surface area contributed by atoms with E-state index in [0.29, 0.717) is 25.9 Å². The van der Waals surface area contributed by atoms with Gasteiger partial charge in [-0.25, -0.2) is 0 Å². The highest BCUT2D eigenvalue weighted by Gasteiger charge is 2.43. The maximum absolute atomic E-state index is 14.2. The molecule has 2 heterocycles. The number of likely N-dealkylation sites (tertiary alicyclic amines) is 2. The highest BCUT2D eigenvalue weighted by atomic mass is 16.6. The molecule has 8 nitrogen and oxygen atoms in total. The van der Waals surface area contributed by atoms with Crippen molar-refractivity contribution in [1.29, 1.82) is 0 Å². The number of hydrogen-bond donors (Lipinski definition) is 2. The lowest BCUT2D eigenvalue weighted by Gasteiger charge is -2.55. The van der Waals surface area contributed by atoms with E-state index in [2.05, 4.69) is 10.6 Å². The molecule has 4 atom stereocenters. The normalized spacial score (nSPS) is 26.8. The molecule has 0 unspecified atom stereocenters. The van der Waals surface area contributed by atoms with Crippen molar-refractivity contribution in [3.63, 3.8) is 0 Å². The van der Waals surface area contributed by atoms with Gasteiger partial charge in [0.05, 0.1) is 13.1 Å². The Kier molecular flexibility index (Phi) is 9.05. The van der Waals surface area contributed by atoms with Crippen molar-refractivity contribution >= 4 is 23.2 Å². The second-order valence-corrected chi connectivity index (χ2v) is 12.3. The van der Waals surface area contributed by atoms with Gasteiger partial charge in [0.25, 0.3) is 11.8 Å². The number of hydroxylamine groups is 6. The van der Waals surface area contributed by atoms with Crippen LogP contribution in [0.3, 0.4) is 0 Å². The molecule has 2 saturated heterocycles. The first-order valence-corrected chi connectivity index (χ1v) is 14.8. The van der Waals surface area contributed by atoms with Gasteiger partial charge in [-0.05, 0) is 89.5 Å². The Morgan fingerprint density at radius 3 is 1.30 bits per heavy atom. The van der Waals surface area contributed by atoms with Gasteiger partial charge in [-0.2, -0.15) is 0 Å². The molecule has 0 spiro atoms. The molecule has 2 aliphatic heterocycles. The van der Waals surface area contributed by atoms with Crippen molar-refractivity contribution in [1.82, 2.24) is 0 Å². The van der Waals surface area contributed by atoms with Gasteiger partial charge in [0.1, 0.15) is 13.1 Å². The fourth-order valence-electron chi connectivity index (χ4n) is 6.95. The van der Waals surface area contributed by atoms with Crippen molar-refractivity contribution in [2.45, 2.75) is 92.2 Å². The molecule has 2 N–H and O–H groups in total. The molecule has 218 valence electrons. The number of nitrogens with one attached hydrogen (secondary N) is 2. The molecule has 2 amide bonds. The third-order valence-corrected chi connectivity index (χ3v) is 8.98. The molecule has 0 aromatic heterocycles. The zero-order chi connectivity index (χ0) is 29.2. The molecule has 2 aromatic rings. The Labute approximate surface area is 239 Å². The van der Waals surface area contributed by atoms with E-state index in [1.165, 1.54) is 0 Å². The topological polar surface area (TPSA) is 104 Å². The van der Waals surface area contributed by atoms with Crippen LogP contribution in [0.1, 0.15) is 71.9 Å². The molecule has 0 saturated carbocycles. The number of carbonyl (C=O) groups is 2. The van der Waals surface area contributed by atoms with Crippen LogP contribution in [0.5, 0.6) is 0 Å². The van der Waals surface area contributed by atoms with E-state index in [1.54, 1.807) is 0 Å². The van der Waals surface area contributed by atoms with E-state index in [0.717, 1.165) is 70.4 Å². The summed E-state index contributed by atoms with van der Waals surface area (Å²) in [6.45, 7) is 12.6. The van der Waals surface area contributed by atoms with Crippen LogP contribution in [0.4, 0.5) is 11.4 Å². The molecule has 2 fully saturated rings. The van der Waals surface area contributed by atoms with Crippen LogP contribution < -0.4 is 10.6 Å². The quantitative estimate of drug-likeness (QED) is 0.333. The predicted molar refractivity (Wildman–Crippen MR) is 161 cm³/mol. The fourth-order valence-corrected chi connectivity index (χ4v) is 6.95. The van der Waals surface area contributed by atoms with Crippen LogP contribution in [0.15, 0.2) is 24.3 Å². The molecule has 40 heavy (non-hydrogen) atoms. The largest absolute Gasteiger partial charge is 0.632 e. The molecule has 0 aliphatic carbocycles. The minimum atomic E-state index is -0.768. The number of hydrogen-bond acceptors (Lipinski definition) is 4. The Bertz CT molecular complexity index is 1130. The van der Waals surface area contributed by atoms with E-state index in [9.17, 15) is 20.0 Å². The van der Waals surface area contributed by atoms with Gasteiger partial charge in [0.2, 0.25) is 0 Å². The summed E-state index contributed by atoms with van der Waals surface area (Å²) in [5.74, 6) is -0.555. The van der Waals surface area contributed by atoms with Gasteiger partial charge in [-0.3, -0.25) is 9.59 Å². The Hall–Kier alpha value is -2.78. The number of benzene rings is 2. The maximum atomic E-state index is 14.2. The van der Waals surface area contributed by atoms with Gasteiger partial charge in [0.15, 0.2) is 12.1 Å². The smallest absolute Gasteiger partial charge is 0.283 e. The van der Waals surface area contributed by atoms with E-state index in [1.807, 2.05) is 65.8 Å². The van der Waals surface area contributed by atoms with E-state index in [-0.39, 0.29) is 24.9 Å². The molecule has 8 heteroatoms. The number of aryl methyl sites for hydroxylation is 6. The SMILES string of the molecule is Cc1cc(C)c(NC(=O)[C@@H]2CCCC[N@@+]2([O-])CC[N@+]2([O-])CCCC[C@H]2C(=O)Nc2c(C)cc(C)cc2C)c(C)c1. The van der Waals surface area contributed by atoms with Crippen LogP contribution in [0.25, 0.3) is 0 Å². The van der Waals surface area contributed by atoms with Crippen molar-refractivity contribution in [2.24, 2.45) is 0 Å². The van der Waals surface area contributed by atoms with E-state index in [4.69, 9.17) is 0 Å². The Balaban J connectivity index is 1.50. The highest BCUT2D eigenvalue weighted by Crippen LogP contribution is 2.32. The number of rotatable bonds is 7. The van der Waals surface area contributed by atoms with Crippen LogP contribution in [-0.4, -0.2) is 59.4 Å². The van der Waals surface area contributed by atoms with Gasteiger partial charge >= 0.3 is 0 Å². The average molecular weight is 551 g/mol. The van der Waals surface area contributed by atoms with E-state index < -0.39 is 21.4 Å². The van der Waals surface area contributed by atoms with Crippen molar-refractivity contribution in [2.75, 3.05) is 36.8 Å². The Morgan fingerprint density at radius 1 is 0.650 bits per heavy atom.